The summed E-state index contributed by atoms with van der Waals surface area (Å²) in [6.45, 7) is 12.7. The van der Waals surface area contributed by atoms with E-state index in [2.05, 4.69) is 48.8 Å². The first-order valence-electron chi connectivity index (χ1n) is 7.42. The predicted octanol–water partition coefficient (Wildman–Crippen LogP) is 3.79. The van der Waals surface area contributed by atoms with Crippen LogP contribution in [0.5, 0.6) is 5.75 Å². The maximum absolute atomic E-state index is 5.56. The first-order valence-corrected chi connectivity index (χ1v) is 7.42. The Morgan fingerprint density at radius 3 is 2.36 bits per heavy atom. The van der Waals surface area contributed by atoms with Gasteiger partial charge in [-0.05, 0) is 23.6 Å². The minimum Gasteiger partial charge on any atom is -0.496 e. The van der Waals surface area contributed by atoms with Crippen molar-refractivity contribution in [3.63, 3.8) is 0 Å². The topological polar surface area (TPSA) is 24.5 Å². The van der Waals surface area contributed by atoms with Gasteiger partial charge in [0.05, 0.1) is 13.2 Å². The summed E-state index contributed by atoms with van der Waals surface area (Å²) >= 11 is 0. The molecule has 1 heterocycles. The molecule has 1 aromatic carbocycles. The summed E-state index contributed by atoms with van der Waals surface area (Å²) in [5.74, 6) is 1.48. The first-order chi connectivity index (χ1) is 9.67. The van der Waals surface area contributed by atoms with Crippen molar-refractivity contribution in [3.8, 4) is 5.75 Å². The zero-order chi connectivity index (χ0) is 14.5. The van der Waals surface area contributed by atoms with Crippen LogP contribution in [0.4, 0.5) is 0 Å². The Balaban J connectivity index is 0.00000220. The van der Waals surface area contributed by atoms with Gasteiger partial charge in [0.15, 0.2) is 0 Å². The number of hydrogen-bond donors (Lipinski definition) is 1. The van der Waals surface area contributed by atoms with E-state index in [1.54, 1.807) is 7.11 Å². The largest absolute Gasteiger partial charge is 0.496 e. The molecule has 3 nitrogen and oxygen atoms in total. The SMILES string of the molecule is C=C[C@@H](c1cc(C(C)C)ccc1OC)N1CCNCC1.Cl.Cl. The zero-order valence-electron chi connectivity index (χ0n) is 13.7. The van der Waals surface area contributed by atoms with Crippen molar-refractivity contribution < 1.29 is 4.74 Å². The van der Waals surface area contributed by atoms with Gasteiger partial charge in [0.25, 0.3) is 0 Å². The van der Waals surface area contributed by atoms with Crippen LogP contribution in [0.1, 0.15) is 36.9 Å². The average molecular weight is 347 g/mol. The molecule has 1 fully saturated rings. The van der Waals surface area contributed by atoms with Crippen molar-refractivity contribution in [1.29, 1.82) is 0 Å². The summed E-state index contributed by atoms with van der Waals surface area (Å²) in [4.78, 5) is 2.46. The molecule has 126 valence electrons. The molecule has 0 bridgehead atoms. The first kappa shape index (κ1) is 21.3. The molecule has 5 heteroatoms. The summed E-state index contributed by atoms with van der Waals surface area (Å²) < 4.78 is 5.56. The molecule has 1 atom stereocenters. The Kier molecular flexibility index (Phi) is 9.77. The Labute approximate surface area is 146 Å². The Morgan fingerprint density at radius 1 is 1.23 bits per heavy atom. The van der Waals surface area contributed by atoms with Gasteiger partial charge in [-0.15, -0.1) is 31.4 Å². The van der Waals surface area contributed by atoms with Crippen molar-refractivity contribution in [1.82, 2.24) is 10.2 Å². The number of benzene rings is 1. The third kappa shape index (κ3) is 4.88. The number of halogens is 2. The van der Waals surface area contributed by atoms with E-state index in [0.717, 1.165) is 31.9 Å². The number of nitrogens with zero attached hydrogens (tertiary/aromatic N) is 1. The lowest BCUT2D eigenvalue weighted by molar-refractivity contribution is 0.200. The van der Waals surface area contributed by atoms with Crippen molar-refractivity contribution in [2.45, 2.75) is 25.8 Å². The lowest BCUT2D eigenvalue weighted by Gasteiger charge is -2.34. The molecule has 2 rings (SSSR count). The lowest BCUT2D eigenvalue weighted by atomic mass is 9.95. The molecule has 0 saturated carbocycles. The van der Waals surface area contributed by atoms with Crippen molar-refractivity contribution in [3.05, 3.63) is 42.0 Å². The van der Waals surface area contributed by atoms with Gasteiger partial charge < -0.3 is 10.1 Å². The monoisotopic (exact) mass is 346 g/mol. The highest BCUT2D eigenvalue weighted by Crippen LogP contribution is 2.33. The van der Waals surface area contributed by atoms with Crippen LogP contribution >= 0.6 is 24.8 Å². The second-order valence-electron chi connectivity index (χ2n) is 5.62. The molecule has 22 heavy (non-hydrogen) atoms. The fraction of sp³-hybridized carbons (Fsp3) is 0.529. The zero-order valence-corrected chi connectivity index (χ0v) is 15.3. The number of ether oxygens (including phenoxy) is 1. The molecule has 1 aromatic rings. The van der Waals surface area contributed by atoms with Crippen LogP contribution in [-0.4, -0.2) is 38.2 Å². The maximum atomic E-state index is 5.56. The van der Waals surface area contributed by atoms with E-state index < -0.39 is 0 Å². The Morgan fingerprint density at radius 2 is 1.86 bits per heavy atom. The van der Waals surface area contributed by atoms with Gasteiger partial charge >= 0.3 is 0 Å². The van der Waals surface area contributed by atoms with Crippen LogP contribution < -0.4 is 10.1 Å². The fourth-order valence-electron chi connectivity index (χ4n) is 2.78. The second-order valence-corrected chi connectivity index (χ2v) is 5.62. The van der Waals surface area contributed by atoms with E-state index in [4.69, 9.17) is 4.74 Å². The summed E-state index contributed by atoms with van der Waals surface area (Å²) in [5, 5.41) is 3.40. The number of hydrogen-bond acceptors (Lipinski definition) is 3. The van der Waals surface area contributed by atoms with Crippen LogP contribution in [0, 0.1) is 0 Å². The van der Waals surface area contributed by atoms with E-state index in [1.807, 2.05) is 6.08 Å². The third-order valence-corrected chi connectivity index (χ3v) is 4.01. The van der Waals surface area contributed by atoms with Crippen molar-refractivity contribution >= 4 is 24.8 Å². The third-order valence-electron chi connectivity index (χ3n) is 4.01. The molecular weight excluding hydrogens is 319 g/mol. The van der Waals surface area contributed by atoms with E-state index in [-0.39, 0.29) is 30.9 Å². The predicted molar refractivity (Wildman–Crippen MR) is 99.0 cm³/mol. The fourth-order valence-corrected chi connectivity index (χ4v) is 2.78. The Hall–Kier alpha value is -0.740. The van der Waals surface area contributed by atoms with Crippen LogP contribution in [0.2, 0.25) is 0 Å². The normalized spacial score (nSPS) is 16.4. The minimum atomic E-state index is 0. The van der Waals surface area contributed by atoms with E-state index >= 15 is 0 Å². The Bertz CT molecular complexity index is 460. The van der Waals surface area contributed by atoms with E-state index in [1.165, 1.54) is 11.1 Å². The van der Waals surface area contributed by atoms with Crippen LogP contribution in [-0.2, 0) is 0 Å². The van der Waals surface area contributed by atoms with Crippen LogP contribution in [0.3, 0.4) is 0 Å². The molecule has 0 aromatic heterocycles. The van der Waals surface area contributed by atoms with Gasteiger partial charge in [0.1, 0.15) is 5.75 Å². The molecule has 0 radical (unpaired) electrons. The van der Waals surface area contributed by atoms with Gasteiger partial charge in [-0.25, -0.2) is 0 Å². The summed E-state index contributed by atoms with van der Waals surface area (Å²) in [6, 6.07) is 6.75. The van der Waals surface area contributed by atoms with Crippen molar-refractivity contribution in [2.24, 2.45) is 0 Å². The number of rotatable bonds is 5. The maximum Gasteiger partial charge on any atom is 0.123 e. The quantitative estimate of drug-likeness (QED) is 0.820. The molecule has 0 aliphatic carbocycles. The summed E-state index contributed by atoms with van der Waals surface area (Å²) in [6.07, 6.45) is 2.04. The number of nitrogens with one attached hydrogen (secondary N) is 1. The highest BCUT2D eigenvalue weighted by molar-refractivity contribution is 5.85. The molecule has 0 unspecified atom stereocenters. The molecule has 1 N–H and O–H groups in total. The van der Waals surface area contributed by atoms with Crippen LogP contribution in [0.25, 0.3) is 0 Å². The molecular formula is C17H28Cl2N2O. The van der Waals surface area contributed by atoms with Gasteiger partial charge in [0.2, 0.25) is 0 Å². The smallest absolute Gasteiger partial charge is 0.123 e. The molecule has 0 spiro atoms. The average Bonchev–Trinajstić information content (AvgIpc) is 2.49. The minimum absolute atomic E-state index is 0. The summed E-state index contributed by atoms with van der Waals surface area (Å²) in [5.41, 5.74) is 2.58. The van der Waals surface area contributed by atoms with Gasteiger partial charge in [-0.3, -0.25) is 4.90 Å². The highest BCUT2D eigenvalue weighted by atomic mass is 35.5. The highest BCUT2D eigenvalue weighted by Gasteiger charge is 2.22. The molecule has 0 amide bonds. The van der Waals surface area contributed by atoms with E-state index in [9.17, 15) is 0 Å². The molecule has 1 aliphatic rings. The van der Waals surface area contributed by atoms with Crippen molar-refractivity contribution in [2.75, 3.05) is 33.3 Å². The summed E-state index contributed by atoms with van der Waals surface area (Å²) in [7, 11) is 1.74. The van der Waals surface area contributed by atoms with Gasteiger partial charge in [-0.1, -0.05) is 26.0 Å². The van der Waals surface area contributed by atoms with E-state index in [0.29, 0.717) is 5.92 Å². The van der Waals surface area contributed by atoms with Crippen LogP contribution in [0.15, 0.2) is 30.9 Å². The molecule has 1 saturated heterocycles. The number of piperazine rings is 1. The lowest BCUT2D eigenvalue weighted by Crippen LogP contribution is -2.44. The standard InChI is InChI=1S/C17H26N2O.2ClH/c1-5-16(19-10-8-18-9-11-19)15-12-14(13(2)3)6-7-17(15)20-4;;/h5-7,12-13,16,18H,1,8-11H2,2-4H3;2*1H/t16-;;/m0../s1. The van der Waals surface area contributed by atoms with Gasteiger partial charge in [-0.2, -0.15) is 0 Å². The molecule has 1 aliphatic heterocycles. The number of methoxy groups -OCH3 is 1. The second kappa shape index (κ2) is 10.1. The van der Waals surface area contributed by atoms with Gasteiger partial charge in [0, 0.05) is 31.7 Å².